The molecule has 0 aliphatic carbocycles. The number of thioether (sulfide) groups is 1. The lowest BCUT2D eigenvalue weighted by Crippen LogP contribution is -2.32. The zero-order valence-corrected chi connectivity index (χ0v) is 20.0. The van der Waals surface area contributed by atoms with Crippen LogP contribution in [0.15, 0.2) is 41.3 Å². The van der Waals surface area contributed by atoms with E-state index in [2.05, 4.69) is 26.0 Å². The van der Waals surface area contributed by atoms with Crippen LogP contribution in [-0.4, -0.2) is 42.9 Å². The van der Waals surface area contributed by atoms with E-state index in [0.717, 1.165) is 34.2 Å². The Morgan fingerprint density at radius 3 is 2.50 bits per heavy atom. The second-order valence-electron chi connectivity index (χ2n) is 7.72. The van der Waals surface area contributed by atoms with Gasteiger partial charge in [-0.1, -0.05) is 32.0 Å². The average Bonchev–Trinajstić information content (AvgIpc) is 3.02. The zero-order valence-electron chi connectivity index (χ0n) is 19.1. The summed E-state index contributed by atoms with van der Waals surface area (Å²) in [4.78, 5) is 26.9. The Bertz CT molecular complexity index is 1030. The van der Waals surface area contributed by atoms with Crippen LogP contribution in [0.2, 0.25) is 0 Å². The van der Waals surface area contributed by atoms with Crippen molar-refractivity contribution in [3.05, 3.63) is 58.0 Å². The summed E-state index contributed by atoms with van der Waals surface area (Å²) < 4.78 is 16.8. The van der Waals surface area contributed by atoms with Gasteiger partial charge >= 0.3 is 0 Å². The van der Waals surface area contributed by atoms with Crippen molar-refractivity contribution in [1.82, 2.24) is 4.90 Å². The number of aryl methyl sites for hydroxylation is 1. The van der Waals surface area contributed by atoms with E-state index in [9.17, 15) is 9.59 Å². The van der Waals surface area contributed by atoms with Gasteiger partial charge in [-0.05, 0) is 72.5 Å². The minimum Gasteiger partial charge on any atom is -0.493 e. The molecule has 0 radical (unpaired) electrons. The van der Waals surface area contributed by atoms with Gasteiger partial charge in [0.15, 0.2) is 11.5 Å². The second-order valence-corrected chi connectivity index (χ2v) is 8.71. The summed E-state index contributed by atoms with van der Waals surface area (Å²) >= 11 is 0.932. The minimum atomic E-state index is -0.315. The highest BCUT2D eigenvalue weighted by atomic mass is 32.2. The maximum atomic E-state index is 12.8. The van der Waals surface area contributed by atoms with E-state index in [1.165, 1.54) is 4.90 Å². The van der Waals surface area contributed by atoms with Crippen LogP contribution >= 0.6 is 11.8 Å². The molecular formula is C25H29NO5S. The number of carbonyl (C=O) groups is 2. The summed E-state index contributed by atoms with van der Waals surface area (Å²) in [5.41, 5.74) is 2.96. The van der Waals surface area contributed by atoms with Gasteiger partial charge in [0.05, 0.1) is 25.2 Å². The highest BCUT2D eigenvalue weighted by molar-refractivity contribution is 8.18. The lowest BCUT2D eigenvalue weighted by atomic mass is 10.0. The quantitative estimate of drug-likeness (QED) is 0.456. The Hall–Kier alpha value is -2.93. The number of rotatable bonds is 9. The number of imide groups is 1. The third-order valence-electron chi connectivity index (χ3n) is 5.02. The Morgan fingerprint density at radius 2 is 1.81 bits per heavy atom. The van der Waals surface area contributed by atoms with E-state index in [0.29, 0.717) is 28.9 Å². The first-order valence-electron chi connectivity index (χ1n) is 10.6. The lowest BCUT2D eigenvalue weighted by Gasteiger charge is -2.17. The van der Waals surface area contributed by atoms with E-state index in [4.69, 9.17) is 14.2 Å². The SMILES string of the molecule is CCOc1ccc(/C=C2\SC(=O)N(CCOc3cc(C)ccc3C(C)C)C2=O)cc1OC. The van der Waals surface area contributed by atoms with E-state index >= 15 is 0 Å². The maximum Gasteiger partial charge on any atom is 0.293 e. The third-order valence-corrected chi connectivity index (χ3v) is 5.93. The Kier molecular flexibility index (Phi) is 7.85. The van der Waals surface area contributed by atoms with Crippen LogP contribution in [0, 0.1) is 6.92 Å². The number of hydrogen-bond donors (Lipinski definition) is 0. The van der Waals surface area contributed by atoms with Crippen molar-refractivity contribution < 1.29 is 23.8 Å². The first-order chi connectivity index (χ1) is 15.3. The van der Waals surface area contributed by atoms with Crippen LogP contribution in [-0.2, 0) is 4.79 Å². The van der Waals surface area contributed by atoms with Crippen LogP contribution < -0.4 is 14.2 Å². The Morgan fingerprint density at radius 1 is 1.03 bits per heavy atom. The molecule has 3 rings (SSSR count). The number of benzene rings is 2. The van der Waals surface area contributed by atoms with Crippen LogP contribution in [0.5, 0.6) is 17.2 Å². The minimum absolute atomic E-state index is 0.195. The van der Waals surface area contributed by atoms with Crippen molar-refractivity contribution in [3.63, 3.8) is 0 Å². The molecule has 7 heteroatoms. The average molecular weight is 456 g/mol. The molecule has 0 unspecified atom stereocenters. The van der Waals surface area contributed by atoms with Gasteiger partial charge in [0.1, 0.15) is 12.4 Å². The Labute approximate surface area is 193 Å². The van der Waals surface area contributed by atoms with Gasteiger partial charge in [0.2, 0.25) is 0 Å². The van der Waals surface area contributed by atoms with Crippen LogP contribution in [0.4, 0.5) is 4.79 Å². The van der Waals surface area contributed by atoms with Gasteiger partial charge in [-0.15, -0.1) is 0 Å². The molecule has 2 aromatic carbocycles. The van der Waals surface area contributed by atoms with Gasteiger partial charge in [-0.2, -0.15) is 0 Å². The number of carbonyl (C=O) groups excluding carboxylic acids is 2. The van der Waals surface area contributed by atoms with E-state index < -0.39 is 0 Å². The molecule has 0 aromatic heterocycles. The smallest absolute Gasteiger partial charge is 0.293 e. The van der Waals surface area contributed by atoms with Crippen molar-refractivity contribution in [1.29, 1.82) is 0 Å². The van der Waals surface area contributed by atoms with Gasteiger partial charge in [-0.25, -0.2) is 0 Å². The predicted molar refractivity (Wildman–Crippen MR) is 128 cm³/mol. The van der Waals surface area contributed by atoms with E-state index in [-0.39, 0.29) is 24.3 Å². The normalized spacial score (nSPS) is 15.1. The summed E-state index contributed by atoms with van der Waals surface area (Å²) in [6, 6.07) is 11.5. The summed E-state index contributed by atoms with van der Waals surface area (Å²) in [6.07, 6.45) is 1.70. The first-order valence-corrected chi connectivity index (χ1v) is 11.4. The number of amides is 2. The van der Waals surface area contributed by atoms with Gasteiger partial charge in [0.25, 0.3) is 11.1 Å². The first kappa shape index (κ1) is 23.7. The van der Waals surface area contributed by atoms with Crippen LogP contribution in [0.1, 0.15) is 43.4 Å². The van der Waals surface area contributed by atoms with Crippen molar-refractivity contribution >= 4 is 29.0 Å². The van der Waals surface area contributed by atoms with Gasteiger partial charge in [0, 0.05) is 0 Å². The summed E-state index contributed by atoms with van der Waals surface area (Å²) in [5, 5.41) is -0.295. The molecule has 1 heterocycles. The molecule has 1 aliphatic rings. The van der Waals surface area contributed by atoms with Crippen molar-refractivity contribution in [2.75, 3.05) is 26.9 Å². The highest BCUT2D eigenvalue weighted by Gasteiger charge is 2.34. The third kappa shape index (κ3) is 5.46. The number of nitrogens with zero attached hydrogens (tertiary/aromatic N) is 1. The van der Waals surface area contributed by atoms with Crippen LogP contribution in [0.25, 0.3) is 6.08 Å². The summed E-state index contributed by atoms with van der Waals surface area (Å²) in [7, 11) is 1.56. The maximum absolute atomic E-state index is 12.8. The molecule has 1 fully saturated rings. The molecule has 6 nitrogen and oxygen atoms in total. The Balaban J connectivity index is 1.68. The molecule has 2 aromatic rings. The summed E-state index contributed by atoms with van der Waals surface area (Å²) in [6.45, 7) is 9.08. The van der Waals surface area contributed by atoms with Gasteiger partial charge < -0.3 is 14.2 Å². The lowest BCUT2D eigenvalue weighted by molar-refractivity contribution is -0.123. The number of hydrogen-bond acceptors (Lipinski definition) is 6. The molecule has 0 atom stereocenters. The topological polar surface area (TPSA) is 65.1 Å². The van der Waals surface area contributed by atoms with Crippen molar-refractivity contribution in [2.45, 2.75) is 33.6 Å². The van der Waals surface area contributed by atoms with Crippen molar-refractivity contribution in [2.24, 2.45) is 0 Å². The van der Waals surface area contributed by atoms with Gasteiger partial charge in [-0.3, -0.25) is 14.5 Å². The number of ether oxygens (including phenoxy) is 3. The summed E-state index contributed by atoms with van der Waals surface area (Å²) in [5.74, 6) is 2.01. The van der Waals surface area contributed by atoms with Crippen molar-refractivity contribution in [3.8, 4) is 17.2 Å². The molecule has 0 spiro atoms. The molecule has 0 N–H and O–H groups in total. The predicted octanol–water partition coefficient (Wildman–Crippen LogP) is 5.64. The fourth-order valence-electron chi connectivity index (χ4n) is 3.38. The molecule has 0 saturated carbocycles. The second kappa shape index (κ2) is 10.6. The van der Waals surface area contributed by atoms with E-state index in [1.807, 2.05) is 26.0 Å². The molecule has 0 bridgehead atoms. The molecule has 170 valence electrons. The molecule has 1 aliphatic heterocycles. The van der Waals surface area contributed by atoms with E-state index in [1.54, 1.807) is 25.3 Å². The number of methoxy groups -OCH3 is 1. The molecular weight excluding hydrogens is 426 g/mol. The highest BCUT2D eigenvalue weighted by Crippen LogP contribution is 2.34. The molecule has 32 heavy (non-hydrogen) atoms. The van der Waals surface area contributed by atoms with Crippen LogP contribution in [0.3, 0.4) is 0 Å². The fraction of sp³-hybridized carbons (Fsp3) is 0.360. The molecule has 2 amide bonds. The largest absolute Gasteiger partial charge is 0.493 e. The molecule has 1 saturated heterocycles. The fourth-order valence-corrected chi connectivity index (χ4v) is 4.25. The zero-order chi connectivity index (χ0) is 23.3. The standard InChI is InChI=1S/C25H29NO5S/c1-6-30-20-10-8-18(14-22(20)29-5)15-23-24(27)26(25(28)32-23)11-12-31-21-13-17(4)7-9-19(21)16(2)3/h7-10,13-16H,6,11-12H2,1-5H3/b23-15-. The monoisotopic (exact) mass is 455 g/mol.